The molecule has 0 atom stereocenters. The summed E-state index contributed by atoms with van der Waals surface area (Å²) >= 11 is 1.77. The minimum atomic E-state index is 0.705. The molecule has 0 fully saturated rings. The SMILES string of the molecule is CCc1cnc(CCN)s1. The Kier molecular flexibility index (Phi) is 2.83. The summed E-state index contributed by atoms with van der Waals surface area (Å²) in [5.74, 6) is 0. The predicted octanol–water partition coefficient (Wildman–Crippen LogP) is 1.21. The largest absolute Gasteiger partial charge is 0.330 e. The summed E-state index contributed by atoms with van der Waals surface area (Å²) in [7, 11) is 0. The fourth-order valence-electron chi connectivity index (χ4n) is 0.751. The average molecular weight is 156 g/mol. The first kappa shape index (κ1) is 7.69. The summed E-state index contributed by atoms with van der Waals surface area (Å²) in [5, 5.41) is 1.17. The summed E-state index contributed by atoms with van der Waals surface area (Å²) in [4.78, 5) is 5.57. The Hall–Kier alpha value is -0.410. The highest BCUT2D eigenvalue weighted by Gasteiger charge is 1.97. The lowest BCUT2D eigenvalue weighted by Crippen LogP contribution is -2.01. The number of nitrogens with two attached hydrogens (primary N) is 1. The van der Waals surface area contributed by atoms with Gasteiger partial charge in [-0.2, -0.15) is 0 Å². The molecule has 2 N–H and O–H groups in total. The van der Waals surface area contributed by atoms with Crippen LogP contribution in [0, 0.1) is 0 Å². The Bertz CT molecular complexity index is 195. The molecule has 3 heteroatoms. The van der Waals surface area contributed by atoms with Gasteiger partial charge in [0.05, 0.1) is 5.01 Å². The van der Waals surface area contributed by atoms with Gasteiger partial charge in [0.15, 0.2) is 0 Å². The van der Waals surface area contributed by atoms with Crippen molar-refractivity contribution in [3.05, 3.63) is 16.1 Å². The maximum atomic E-state index is 5.38. The second-order valence-electron chi connectivity index (χ2n) is 2.11. The zero-order valence-corrected chi connectivity index (χ0v) is 6.95. The molecular formula is C7H12N2S. The van der Waals surface area contributed by atoms with E-state index in [-0.39, 0.29) is 0 Å². The van der Waals surface area contributed by atoms with Gasteiger partial charge in [0, 0.05) is 17.5 Å². The third-order valence-corrected chi connectivity index (χ3v) is 2.51. The zero-order chi connectivity index (χ0) is 7.40. The molecule has 0 bridgehead atoms. The second kappa shape index (κ2) is 3.68. The molecule has 0 aromatic carbocycles. The van der Waals surface area contributed by atoms with Crippen LogP contribution in [-0.2, 0) is 12.8 Å². The van der Waals surface area contributed by atoms with Crippen LogP contribution in [0.25, 0.3) is 0 Å². The van der Waals surface area contributed by atoms with Crippen molar-refractivity contribution in [3.8, 4) is 0 Å². The monoisotopic (exact) mass is 156 g/mol. The Labute approximate surface area is 65.1 Å². The van der Waals surface area contributed by atoms with Crippen LogP contribution < -0.4 is 5.73 Å². The number of nitrogens with zero attached hydrogens (tertiary/aromatic N) is 1. The van der Waals surface area contributed by atoms with E-state index >= 15 is 0 Å². The number of hydrogen-bond acceptors (Lipinski definition) is 3. The predicted molar refractivity (Wildman–Crippen MR) is 44.3 cm³/mol. The first-order valence-electron chi connectivity index (χ1n) is 3.50. The van der Waals surface area contributed by atoms with E-state index in [0.717, 1.165) is 12.8 Å². The molecule has 0 aliphatic rings. The van der Waals surface area contributed by atoms with Crippen molar-refractivity contribution in [2.45, 2.75) is 19.8 Å². The van der Waals surface area contributed by atoms with Crippen molar-refractivity contribution in [2.75, 3.05) is 6.54 Å². The Morgan fingerprint density at radius 2 is 2.50 bits per heavy atom. The number of hydrogen-bond donors (Lipinski definition) is 1. The lowest BCUT2D eigenvalue weighted by atomic mass is 10.4. The van der Waals surface area contributed by atoms with Crippen molar-refractivity contribution < 1.29 is 0 Å². The Morgan fingerprint density at radius 3 is 3.00 bits per heavy atom. The quantitative estimate of drug-likeness (QED) is 0.714. The first-order valence-corrected chi connectivity index (χ1v) is 4.32. The topological polar surface area (TPSA) is 38.9 Å². The summed E-state index contributed by atoms with van der Waals surface area (Å²) in [6.07, 6.45) is 3.95. The van der Waals surface area contributed by atoms with Crippen molar-refractivity contribution >= 4 is 11.3 Å². The molecule has 0 amide bonds. The van der Waals surface area contributed by atoms with Gasteiger partial charge in [-0.1, -0.05) is 6.92 Å². The van der Waals surface area contributed by atoms with Crippen LogP contribution in [0.5, 0.6) is 0 Å². The van der Waals surface area contributed by atoms with Crippen LogP contribution in [0.3, 0.4) is 0 Å². The van der Waals surface area contributed by atoms with Gasteiger partial charge >= 0.3 is 0 Å². The highest BCUT2D eigenvalue weighted by Crippen LogP contribution is 2.12. The second-order valence-corrected chi connectivity index (χ2v) is 3.31. The summed E-state index contributed by atoms with van der Waals surface area (Å²) in [5.41, 5.74) is 5.38. The van der Waals surface area contributed by atoms with Crippen LogP contribution >= 0.6 is 11.3 Å². The molecule has 0 aliphatic heterocycles. The molecule has 0 radical (unpaired) electrons. The average Bonchev–Trinajstić information content (AvgIpc) is 2.37. The van der Waals surface area contributed by atoms with Gasteiger partial charge in [0.1, 0.15) is 0 Å². The van der Waals surface area contributed by atoms with Gasteiger partial charge < -0.3 is 5.73 Å². The van der Waals surface area contributed by atoms with Crippen molar-refractivity contribution in [1.82, 2.24) is 4.98 Å². The van der Waals surface area contributed by atoms with Crippen LogP contribution in [0.2, 0.25) is 0 Å². The molecule has 0 spiro atoms. The van der Waals surface area contributed by atoms with Crippen LogP contribution in [0.15, 0.2) is 6.20 Å². The number of rotatable bonds is 3. The minimum absolute atomic E-state index is 0.705. The van der Waals surface area contributed by atoms with Gasteiger partial charge in [-0.3, -0.25) is 0 Å². The lowest BCUT2D eigenvalue weighted by molar-refractivity contribution is 0.952. The number of aromatic nitrogens is 1. The third kappa shape index (κ3) is 1.78. The summed E-state index contributed by atoms with van der Waals surface area (Å²) < 4.78 is 0. The number of aryl methyl sites for hydroxylation is 1. The molecule has 1 aromatic rings. The van der Waals surface area contributed by atoms with Gasteiger partial charge in [-0.05, 0) is 13.0 Å². The fourth-order valence-corrected chi connectivity index (χ4v) is 1.63. The standard InChI is InChI=1S/C7H12N2S/c1-2-6-5-9-7(10-6)3-4-8/h5H,2-4,8H2,1H3. The fraction of sp³-hybridized carbons (Fsp3) is 0.571. The molecule has 1 rings (SSSR count). The van der Waals surface area contributed by atoms with Crippen LogP contribution in [0.1, 0.15) is 16.8 Å². The minimum Gasteiger partial charge on any atom is -0.330 e. The lowest BCUT2D eigenvalue weighted by Gasteiger charge is -1.86. The van der Waals surface area contributed by atoms with Crippen LogP contribution in [-0.4, -0.2) is 11.5 Å². The maximum absolute atomic E-state index is 5.38. The van der Waals surface area contributed by atoms with Crippen molar-refractivity contribution in [3.63, 3.8) is 0 Å². The van der Waals surface area contributed by atoms with E-state index in [2.05, 4.69) is 11.9 Å². The van der Waals surface area contributed by atoms with Crippen molar-refractivity contribution in [2.24, 2.45) is 5.73 Å². The van der Waals surface area contributed by atoms with E-state index in [1.165, 1.54) is 9.88 Å². The van der Waals surface area contributed by atoms with Gasteiger partial charge in [-0.25, -0.2) is 4.98 Å². The van der Waals surface area contributed by atoms with E-state index in [1.807, 2.05) is 6.20 Å². The van der Waals surface area contributed by atoms with Gasteiger partial charge in [0.2, 0.25) is 0 Å². The van der Waals surface area contributed by atoms with E-state index in [9.17, 15) is 0 Å². The van der Waals surface area contributed by atoms with E-state index in [0.29, 0.717) is 6.54 Å². The molecule has 10 heavy (non-hydrogen) atoms. The zero-order valence-electron chi connectivity index (χ0n) is 6.13. The molecule has 2 nitrogen and oxygen atoms in total. The highest BCUT2D eigenvalue weighted by atomic mass is 32.1. The van der Waals surface area contributed by atoms with E-state index in [4.69, 9.17) is 5.73 Å². The number of thiazole rings is 1. The van der Waals surface area contributed by atoms with Crippen molar-refractivity contribution in [1.29, 1.82) is 0 Å². The molecule has 56 valence electrons. The third-order valence-electron chi connectivity index (χ3n) is 1.31. The van der Waals surface area contributed by atoms with Gasteiger partial charge in [0.25, 0.3) is 0 Å². The maximum Gasteiger partial charge on any atom is 0.0940 e. The Balaban J connectivity index is 2.59. The van der Waals surface area contributed by atoms with Crippen LogP contribution in [0.4, 0.5) is 0 Å². The molecule has 0 unspecified atom stereocenters. The smallest absolute Gasteiger partial charge is 0.0940 e. The van der Waals surface area contributed by atoms with E-state index < -0.39 is 0 Å². The molecule has 0 saturated carbocycles. The Morgan fingerprint density at radius 1 is 1.70 bits per heavy atom. The first-order chi connectivity index (χ1) is 4.86. The molecule has 1 heterocycles. The highest BCUT2D eigenvalue weighted by molar-refractivity contribution is 7.11. The summed E-state index contributed by atoms with van der Waals surface area (Å²) in [6.45, 7) is 2.84. The molecule has 1 aromatic heterocycles. The molecule has 0 saturated heterocycles. The van der Waals surface area contributed by atoms with Gasteiger partial charge in [-0.15, -0.1) is 11.3 Å². The normalized spacial score (nSPS) is 10.2. The van der Waals surface area contributed by atoms with E-state index in [1.54, 1.807) is 11.3 Å². The molecular weight excluding hydrogens is 144 g/mol. The summed E-state index contributed by atoms with van der Waals surface area (Å²) in [6, 6.07) is 0. The molecule has 0 aliphatic carbocycles.